The quantitative estimate of drug-likeness (QED) is 0.717. The molecule has 0 aliphatic heterocycles. The normalized spacial score (nSPS) is 11.9. The van der Waals surface area contributed by atoms with Gasteiger partial charge in [-0.05, 0) is 12.1 Å². The van der Waals surface area contributed by atoms with Crippen molar-refractivity contribution in [3.8, 4) is 5.75 Å². The average molecular weight is 226 g/mol. The Morgan fingerprint density at radius 1 is 1.20 bits per heavy atom. The molecule has 0 bridgehead atoms. The lowest BCUT2D eigenvalue weighted by Crippen LogP contribution is -2.33. The third-order valence-electron chi connectivity index (χ3n) is 1.58. The van der Waals surface area contributed by atoms with Gasteiger partial charge in [0.1, 0.15) is 0 Å². The SMILES string of the molecule is Fc1ccccc1OCC(F)(F)C(F)F. The number of hydrogen-bond acceptors (Lipinski definition) is 1. The molecule has 0 N–H and O–H groups in total. The van der Waals surface area contributed by atoms with E-state index in [-0.39, 0.29) is 0 Å². The highest BCUT2D eigenvalue weighted by Gasteiger charge is 2.41. The van der Waals surface area contributed by atoms with Crippen LogP contribution in [0.15, 0.2) is 24.3 Å². The van der Waals surface area contributed by atoms with Gasteiger partial charge in [0.2, 0.25) is 0 Å². The molecule has 1 aromatic rings. The van der Waals surface area contributed by atoms with Crippen molar-refractivity contribution >= 4 is 0 Å². The van der Waals surface area contributed by atoms with Crippen LogP contribution in [-0.2, 0) is 0 Å². The van der Waals surface area contributed by atoms with Crippen LogP contribution >= 0.6 is 0 Å². The second-order valence-electron chi connectivity index (χ2n) is 2.78. The summed E-state index contributed by atoms with van der Waals surface area (Å²) < 4.78 is 65.2. The van der Waals surface area contributed by atoms with Gasteiger partial charge in [-0.2, -0.15) is 8.78 Å². The number of halogens is 5. The predicted octanol–water partition coefficient (Wildman–Crippen LogP) is 3.10. The van der Waals surface area contributed by atoms with Gasteiger partial charge in [-0.25, -0.2) is 13.2 Å². The highest BCUT2D eigenvalue weighted by atomic mass is 19.3. The summed E-state index contributed by atoms with van der Waals surface area (Å²) >= 11 is 0. The smallest absolute Gasteiger partial charge is 0.340 e. The molecule has 84 valence electrons. The van der Waals surface area contributed by atoms with Crippen molar-refractivity contribution in [1.82, 2.24) is 0 Å². The Morgan fingerprint density at radius 2 is 1.80 bits per heavy atom. The van der Waals surface area contributed by atoms with Gasteiger partial charge >= 0.3 is 12.3 Å². The van der Waals surface area contributed by atoms with Gasteiger partial charge in [0.25, 0.3) is 0 Å². The van der Waals surface area contributed by atoms with Gasteiger partial charge < -0.3 is 4.74 Å². The second-order valence-corrected chi connectivity index (χ2v) is 2.78. The van der Waals surface area contributed by atoms with Crippen molar-refractivity contribution in [3.05, 3.63) is 30.1 Å². The summed E-state index contributed by atoms with van der Waals surface area (Å²) in [5.74, 6) is -5.62. The highest BCUT2D eigenvalue weighted by molar-refractivity contribution is 5.23. The van der Waals surface area contributed by atoms with Crippen LogP contribution in [0, 0.1) is 5.82 Å². The van der Waals surface area contributed by atoms with Crippen LogP contribution in [0.4, 0.5) is 22.0 Å². The summed E-state index contributed by atoms with van der Waals surface area (Å²) in [5, 5.41) is 0. The molecule has 1 aromatic carbocycles. The van der Waals surface area contributed by atoms with Crippen LogP contribution in [0.25, 0.3) is 0 Å². The van der Waals surface area contributed by atoms with E-state index in [9.17, 15) is 22.0 Å². The van der Waals surface area contributed by atoms with E-state index >= 15 is 0 Å². The Kier molecular flexibility index (Phi) is 3.49. The first-order valence-corrected chi connectivity index (χ1v) is 3.97. The third kappa shape index (κ3) is 3.07. The number of benzene rings is 1. The molecule has 15 heavy (non-hydrogen) atoms. The fourth-order valence-electron chi connectivity index (χ4n) is 0.799. The molecule has 1 rings (SSSR count). The third-order valence-corrected chi connectivity index (χ3v) is 1.58. The molecular weight excluding hydrogens is 219 g/mol. The van der Waals surface area contributed by atoms with Crippen molar-refractivity contribution < 1.29 is 26.7 Å². The molecule has 0 aliphatic rings. The van der Waals surface area contributed by atoms with E-state index in [0.29, 0.717) is 0 Å². The van der Waals surface area contributed by atoms with Crippen LogP contribution in [0.5, 0.6) is 5.75 Å². The Hall–Kier alpha value is -1.33. The Bertz CT molecular complexity index is 326. The van der Waals surface area contributed by atoms with Gasteiger partial charge in [0.05, 0.1) is 0 Å². The summed E-state index contributed by atoms with van der Waals surface area (Å²) in [5.41, 5.74) is 0. The lowest BCUT2D eigenvalue weighted by molar-refractivity contribution is -0.148. The molecule has 0 spiro atoms. The summed E-state index contributed by atoms with van der Waals surface area (Å²) in [6.07, 6.45) is -3.83. The topological polar surface area (TPSA) is 9.23 Å². The second kappa shape index (κ2) is 4.46. The summed E-state index contributed by atoms with van der Waals surface area (Å²) in [6, 6.07) is 4.74. The molecule has 1 nitrogen and oxygen atoms in total. The summed E-state index contributed by atoms with van der Waals surface area (Å²) in [6.45, 7) is -1.55. The van der Waals surface area contributed by atoms with Gasteiger partial charge in [0, 0.05) is 0 Å². The molecule has 0 saturated heterocycles. The van der Waals surface area contributed by atoms with Gasteiger partial charge in [-0.1, -0.05) is 12.1 Å². The summed E-state index contributed by atoms with van der Waals surface area (Å²) in [4.78, 5) is 0. The molecule has 0 aliphatic carbocycles. The van der Waals surface area contributed by atoms with Crippen molar-refractivity contribution in [1.29, 1.82) is 0 Å². The van der Waals surface area contributed by atoms with Crippen LogP contribution in [0.1, 0.15) is 0 Å². The molecule has 0 heterocycles. The molecule has 0 aromatic heterocycles. The van der Waals surface area contributed by atoms with Crippen molar-refractivity contribution in [3.63, 3.8) is 0 Å². The van der Waals surface area contributed by atoms with E-state index in [1.54, 1.807) is 0 Å². The first-order valence-electron chi connectivity index (χ1n) is 3.97. The maximum absolute atomic E-state index is 12.8. The number of ether oxygens (including phenoxy) is 1. The Balaban J connectivity index is 2.62. The zero-order valence-electron chi connectivity index (χ0n) is 7.39. The lowest BCUT2D eigenvalue weighted by Gasteiger charge is -2.15. The van der Waals surface area contributed by atoms with Crippen molar-refractivity contribution in [2.45, 2.75) is 12.3 Å². The minimum atomic E-state index is -4.28. The van der Waals surface area contributed by atoms with Gasteiger partial charge in [-0.15, -0.1) is 0 Å². The Labute approximate surface area is 82.5 Å². The molecule has 0 fully saturated rings. The standard InChI is InChI=1S/C9H7F5O/c10-6-3-1-2-4-7(6)15-5-9(13,14)8(11)12/h1-4,8H,5H2. The predicted molar refractivity (Wildman–Crippen MR) is 42.8 cm³/mol. The summed E-state index contributed by atoms with van der Waals surface area (Å²) in [7, 11) is 0. The van der Waals surface area contributed by atoms with Crippen molar-refractivity contribution in [2.75, 3.05) is 6.61 Å². The van der Waals surface area contributed by atoms with Crippen LogP contribution in [0.3, 0.4) is 0 Å². The molecular formula is C9H7F5O. The zero-order valence-corrected chi connectivity index (χ0v) is 7.39. The lowest BCUT2D eigenvalue weighted by atomic mass is 10.3. The van der Waals surface area contributed by atoms with Crippen molar-refractivity contribution in [2.24, 2.45) is 0 Å². The van der Waals surface area contributed by atoms with E-state index in [1.165, 1.54) is 12.1 Å². The minimum absolute atomic E-state index is 0.474. The zero-order chi connectivity index (χ0) is 11.5. The fourth-order valence-corrected chi connectivity index (χ4v) is 0.799. The fraction of sp³-hybridized carbons (Fsp3) is 0.333. The molecule has 0 unspecified atom stereocenters. The van der Waals surface area contributed by atoms with E-state index in [1.807, 2.05) is 0 Å². The van der Waals surface area contributed by atoms with E-state index in [2.05, 4.69) is 4.74 Å². The van der Waals surface area contributed by atoms with E-state index in [0.717, 1.165) is 12.1 Å². The van der Waals surface area contributed by atoms with E-state index < -0.39 is 30.5 Å². The molecule has 0 amide bonds. The monoisotopic (exact) mass is 226 g/mol. The molecule has 0 atom stereocenters. The van der Waals surface area contributed by atoms with Crippen LogP contribution in [-0.4, -0.2) is 19.0 Å². The van der Waals surface area contributed by atoms with Gasteiger partial charge in [-0.3, -0.25) is 0 Å². The first kappa shape index (κ1) is 11.7. The maximum atomic E-state index is 12.8. The number of hydrogen-bond donors (Lipinski definition) is 0. The van der Waals surface area contributed by atoms with E-state index in [4.69, 9.17) is 0 Å². The highest BCUT2D eigenvalue weighted by Crippen LogP contribution is 2.25. The van der Waals surface area contributed by atoms with Crippen LogP contribution in [0.2, 0.25) is 0 Å². The average Bonchev–Trinajstić information content (AvgIpc) is 2.16. The molecule has 0 saturated carbocycles. The number of rotatable bonds is 4. The van der Waals surface area contributed by atoms with Gasteiger partial charge in [0.15, 0.2) is 18.2 Å². The first-order chi connectivity index (χ1) is 6.93. The maximum Gasteiger partial charge on any atom is 0.340 e. The number of para-hydroxylation sites is 1. The number of alkyl halides is 4. The Morgan fingerprint density at radius 3 is 2.33 bits per heavy atom. The molecule has 6 heteroatoms. The minimum Gasteiger partial charge on any atom is -0.484 e. The van der Waals surface area contributed by atoms with Crippen LogP contribution < -0.4 is 4.74 Å². The molecule has 0 radical (unpaired) electrons. The largest absolute Gasteiger partial charge is 0.484 e.